The third kappa shape index (κ3) is 3.27. The number of likely N-dealkylation sites (tertiary alicyclic amines) is 1. The van der Waals surface area contributed by atoms with Gasteiger partial charge >= 0.3 is 0 Å². The Morgan fingerprint density at radius 3 is 2.81 bits per heavy atom. The zero-order valence-electron chi connectivity index (χ0n) is 12.4. The van der Waals surface area contributed by atoms with Gasteiger partial charge in [-0.1, -0.05) is 30.3 Å². The molecule has 21 heavy (non-hydrogen) atoms. The molecule has 2 saturated heterocycles. The average molecular weight is 288 g/mol. The highest BCUT2D eigenvalue weighted by Crippen LogP contribution is 2.28. The minimum atomic E-state index is -0.485. The van der Waals surface area contributed by atoms with Crippen molar-refractivity contribution in [3.05, 3.63) is 35.9 Å². The van der Waals surface area contributed by atoms with Gasteiger partial charge in [-0.05, 0) is 44.2 Å². The van der Waals surface area contributed by atoms with Crippen LogP contribution in [0.15, 0.2) is 30.3 Å². The molecule has 2 fully saturated rings. The van der Waals surface area contributed by atoms with Crippen LogP contribution >= 0.6 is 0 Å². The summed E-state index contributed by atoms with van der Waals surface area (Å²) < 4.78 is 0. The molecule has 4 nitrogen and oxygen atoms in total. The van der Waals surface area contributed by atoms with Gasteiger partial charge in [0.25, 0.3) is 0 Å². The lowest BCUT2D eigenvalue weighted by atomic mass is 10.00. The molecule has 0 aromatic heterocycles. The van der Waals surface area contributed by atoms with E-state index in [4.69, 9.17) is 0 Å². The van der Waals surface area contributed by atoms with Crippen LogP contribution in [0.2, 0.25) is 0 Å². The standard InChI is InChI=1S/C17H24N2O2/c20-16(13-6-2-1-3-7-13)12-14-8-5-11-19(14)17(21)15-9-4-10-18-15/h1-3,6-7,14-16,18,20H,4-5,8-12H2. The molecule has 2 aliphatic rings. The number of hydrogen-bond donors (Lipinski definition) is 2. The molecule has 3 unspecified atom stereocenters. The Morgan fingerprint density at radius 1 is 1.29 bits per heavy atom. The Bertz CT molecular complexity index is 471. The van der Waals surface area contributed by atoms with Crippen molar-refractivity contribution in [1.29, 1.82) is 0 Å². The summed E-state index contributed by atoms with van der Waals surface area (Å²) in [6, 6.07) is 9.91. The smallest absolute Gasteiger partial charge is 0.239 e. The Balaban J connectivity index is 1.62. The van der Waals surface area contributed by atoms with Crippen molar-refractivity contribution in [3.63, 3.8) is 0 Å². The van der Waals surface area contributed by atoms with E-state index < -0.39 is 6.10 Å². The van der Waals surface area contributed by atoms with E-state index in [1.165, 1.54) is 0 Å². The van der Waals surface area contributed by atoms with Gasteiger partial charge in [0.1, 0.15) is 0 Å². The summed E-state index contributed by atoms with van der Waals surface area (Å²) in [6.45, 7) is 1.78. The summed E-state index contributed by atoms with van der Waals surface area (Å²) in [5.41, 5.74) is 0.941. The van der Waals surface area contributed by atoms with Gasteiger partial charge in [0, 0.05) is 12.6 Å². The molecular weight excluding hydrogens is 264 g/mol. The number of carbonyl (C=O) groups excluding carboxylic acids is 1. The molecule has 0 radical (unpaired) electrons. The van der Waals surface area contributed by atoms with Gasteiger partial charge in [-0.3, -0.25) is 4.79 Å². The molecular formula is C17H24N2O2. The van der Waals surface area contributed by atoms with Gasteiger partial charge in [0.05, 0.1) is 12.1 Å². The first-order valence-corrected chi connectivity index (χ1v) is 8.02. The van der Waals surface area contributed by atoms with Gasteiger partial charge in [0.15, 0.2) is 0 Å². The first-order valence-electron chi connectivity index (χ1n) is 8.02. The summed E-state index contributed by atoms with van der Waals surface area (Å²) >= 11 is 0. The Hall–Kier alpha value is -1.39. The monoisotopic (exact) mass is 288 g/mol. The molecule has 2 aliphatic heterocycles. The maximum atomic E-state index is 12.6. The van der Waals surface area contributed by atoms with Crippen molar-refractivity contribution in [2.75, 3.05) is 13.1 Å². The maximum Gasteiger partial charge on any atom is 0.239 e. The molecule has 0 spiro atoms. The Kier molecular flexibility index (Phi) is 4.56. The number of benzene rings is 1. The minimum absolute atomic E-state index is 0.000492. The molecule has 114 valence electrons. The normalized spacial score (nSPS) is 27.0. The van der Waals surface area contributed by atoms with E-state index >= 15 is 0 Å². The third-order valence-electron chi connectivity index (χ3n) is 4.70. The lowest BCUT2D eigenvalue weighted by Gasteiger charge is -2.29. The van der Waals surface area contributed by atoms with Gasteiger partial charge < -0.3 is 15.3 Å². The molecule has 0 aliphatic carbocycles. The number of nitrogens with one attached hydrogen (secondary N) is 1. The lowest BCUT2D eigenvalue weighted by molar-refractivity contribution is -0.134. The number of amides is 1. The maximum absolute atomic E-state index is 12.6. The zero-order valence-corrected chi connectivity index (χ0v) is 12.4. The molecule has 2 heterocycles. The van der Waals surface area contributed by atoms with E-state index in [-0.39, 0.29) is 18.0 Å². The zero-order chi connectivity index (χ0) is 14.7. The minimum Gasteiger partial charge on any atom is -0.388 e. The second kappa shape index (κ2) is 6.58. The van der Waals surface area contributed by atoms with Gasteiger partial charge in [-0.25, -0.2) is 0 Å². The van der Waals surface area contributed by atoms with Crippen molar-refractivity contribution in [3.8, 4) is 0 Å². The van der Waals surface area contributed by atoms with Crippen molar-refractivity contribution >= 4 is 5.91 Å². The second-order valence-corrected chi connectivity index (χ2v) is 6.14. The highest BCUT2D eigenvalue weighted by Gasteiger charge is 2.35. The predicted molar refractivity (Wildman–Crippen MR) is 81.8 cm³/mol. The number of hydrogen-bond acceptors (Lipinski definition) is 3. The number of aliphatic hydroxyl groups excluding tert-OH is 1. The van der Waals surface area contributed by atoms with Crippen LogP contribution in [0.3, 0.4) is 0 Å². The van der Waals surface area contributed by atoms with Gasteiger partial charge in [0.2, 0.25) is 5.91 Å². The van der Waals surface area contributed by atoms with Crippen LogP contribution in [0.25, 0.3) is 0 Å². The van der Waals surface area contributed by atoms with Crippen LogP contribution in [0.5, 0.6) is 0 Å². The molecule has 0 saturated carbocycles. The van der Waals surface area contributed by atoms with Crippen molar-refractivity contribution in [2.45, 2.75) is 50.3 Å². The van der Waals surface area contributed by atoms with E-state index in [0.717, 1.165) is 44.3 Å². The van der Waals surface area contributed by atoms with Crippen LogP contribution in [0, 0.1) is 0 Å². The molecule has 1 aromatic rings. The molecule has 0 bridgehead atoms. The molecule has 3 rings (SSSR count). The van der Waals surface area contributed by atoms with E-state index in [1.807, 2.05) is 35.2 Å². The first kappa shape index (κ1) is 14.5. The quantitative estimate of drug-likeness (QED) is 0.889. The summed E-state index contributed by atoms with van der Waals surface area (Å²) in [5, 5.41) is 13.7. The molecule has 4 heteroatoms. The first-order chi connectivity index (χ1) is 10.3. The predicted octanol–water partition coefficient (Wildman–Crippen LogP) is 1.85. The van der Waals surface area contributed by atoms with Crippen LogP contribution in [-0.2, 0) is 4.79 Å². The van der Waals surface area contributed by atoms with Crippen molar-refractivity contribution < 1.29 is 9.90 Å². The SMILES string of the molecule is O=C(C1CCCN1)N1CCCC1CC(O)c1ccccc1. The fourth-order valence-corrected chi connectivity index (χ4v) is 3.54. The largest absolute Gasteiger partial charge is 0.388 e. The summed E-state index contributed by atoms with van der Waals surface area (Å²) in [4.78, 5) is 14.6. The lowest BCUT2D eigenvalue weighted by Crippen LogP contribution is -2.46. The fraction of sp³-hybridized carbons (Fsp3) is 0.588. The topological polar surface area (TPSA) is 52.6 Å². The Morgan fingerprint density at radius 2 is 2.10 bits per heavy atom. The van der Waals surface area contributed by atoms with Crippen molar-refractivity contribution in [2.24, 2.45) is 0 Å². The molecule has 2 N–H and O–H groups in total. The molecule has 1 aromatic carbocycles. The van der Waals surface area contributed by atoms with E-state index in [9.17, 15) is 9.90 Å². The number of carbonyl (C=O) groups is 1. The van der Waals surface area contributed by atoms with Crippen molar-refractivity contribution in [1.82, 2.24) is 10.2 Å². The van der Waals surface area contributed by atoms with E-state index in [1.54, 1.807) is 0 Å². The number of aliphatic hydroxyl groups is 1. The number of rotatable bonds is 4. The van der Waals surface area contributed by atoms with Gasteiger partial charge in [-0.2, -0.15) is 0 Å². The van der Waals surface area contributed by atoms with Crippen LogP contribution in [0.1, 0.15) is 43.8 Å². The van der Waals surface area contributed by atoms with Crippen LogP contribution in [0.4, 0.5) is 0 Å². The highest BCUT2D eigenvalue weighted by molar-refractivity contribution is 5.82. The highest BCUT2D eigenvalue weighted by atomic mass is 16.3. The van der Waals surface area contributed by atoms with Gasteiger partial charge in [-0.15, -0.1) is 0 Å². The summed E-state index contributed by atoms with van der Waals surface area (Å²) in [7, 11) is 0. The van der Waals surface area contributed by atoms with E-state index in [0.29, 0.717) is 6.42 Å². The van der Waals surface area contributed by atoms with Crippen LogP contribution < -0.4 is 5.32 Å². The number of nitrogens with zero attached hydrogens (tertiary/aromatic N) is 1. The van der Waals surface area contributed by atoms with E-state index in [2.05, 4.69) is 5.32 Å². The Labute approximate surface area is 126 Å². The molecule has 3 atom stereocenters. The molecule has 1 amide bonds. The average Bonchev–Trinajstić information content (AvgIpc) is 3.19. The van der Waals surface area contributed by atoms with Crippen LogP contribution in [-0.4, -0.2) is 41.1 Å². The summed E-state index contributed by atoms with van der Waals surface area (Å²) in [5.74, 6) is 0.232. The third-order valence-corrected chi connectivity index (χ3v) is 4.70. The fourth-order valence-electron chi connectivity index (χ4n) is 3.54. The summed E-state index contributed by atoms with van der Waals surface area (Å²) in [6.07, 6.45) is 4.24. The second-order valence-electron chi connectivity index (χ2n) is 6.14.